The Morgan fingerprint density at radius 1 is 1.13 bits per heavy atom. The Hall–Kier alpha value is -2.69. The number of hydrogen-bond donors (Lipinski definition) is 1. The molecule has 1 N–H and O–H groups in total. The van der Waals surface area contributed by atoms with Crippen LogP contribution in [0, 0.1) is 0 Å². The summed E-state index contributed by atoms with van der Waals surface area (Å²) in [7, 11) is 0. The van der Waals surface area contributed by atoms with Gasteiger partial charge in [-0.3, -0.25) is 4.79 Å². The maximum absolute atomic E-state index is 12.0. The number of nitrogens with zero attached hydrogens (tertiary/aromatic N) is 1. The fourth-order valence-electron chi connectivity index (χ4n) is 2.22. The quantitative estimate of drug-likeness (QED) is 0.798. The highest BCUT2D eigenvalue weighted by molar-refractivity contribution is 5.89. The standard InChI is InChI=1S/C18H20N2O3/c1-2-8-15(14-9-4-3-5-10-14)20-17(21)13-23-18(22)16-11-6-7-12-19-16/h3-7,9-12,15H,2,8,13H2,1H3,(H,20,21)/t15-/m1/s1. The van der Waals surface area contributed by atoms with Gasteiger partial charge in [0.05, 0.1) is 6.04 Å². The SMILES string of the molecule is CCC[C@@H](NC(=O)COC(=O)c1ccccn1)c1ccccc1. The third-order valence-corrected chi connectivity index (χ3v) is 3.32. The van der Waals surface area contributed by atoms with E-state index in [1.165, 1.54) is 6.20 Å². The second-order valence-corrected chi connectivity index (χ2v) is 5.11. The second-order valence-electron chi connectivity index (χ2n) is 5.11. The van der Waals surface area contributed by atoms with Crippen molar-refractivity contribution in [2.24, 2.45) is 0 Å². The summed E-state index contributed by atoms with van der Waals surface area (Å²) < 4.78 is 4.99. The van der Waals surface area contributed by atoms with E-state index in [2.05, 4.69) is 17.2 Å². The predicted molar refractivity (Wildman–Crippen MR) is 86.8 cm³/mol. The molecule has 0 aliphatic rings. The molecule has 2 rings (SSSR count). The molecule has 1 atom stereocenters. The van der Waals surface area contributed by atoms with Gasteiger partial charge < -0.3 is 10.1 Å². The molecule has 1 heterocycles. The Kier molecular flexibility index (Phi) is 6.29. The first-order valence-electron chi connectivity index (χ1n) is 7.63. The van der Waals surface area contributed by atoms with Crippen LogP contribution in [-0.2, 0) is 9.53 Å². The Bertz CT molecular complexity index is 629. The zero-order valence-electron chi connectivity index (χ0n) is 13.1. The van der Waals surface area contributed by atoms with Crippen LogP contribution in [0.2, 0.25) is 0 Å². The minimum absolute atomic E-state index is 0.0812. The van der Waals surface area contributed by atoms with Crippen LogP contribution in [0.25, 0.3) is 0 Å². The highest BCUT2D eigenvalue weighted by atomic mass is 16.5. The predicted octanol–water partition coefficient (Wildman–Crippen LogP) is 2.90. The zero-order valence-corrected chi connectivity index (χ0v) is 13.1. The number of carbonyl (C=O) groups excluding carboxylic acids is 2. The third-order valence-electron chi connectivity index (χ3n) is 3.32. The molecule has 0 fully saturated rings. The average Bonchev–Trinajstić information content (AvgIpc) is 2.61. The minimum atomic E-state index is -0.604. The number of pyridine rings is 1. The van der Waals surface area contributed by atoms with Crippen molar-refractivity contribution in [1.82, 2.24) is 10.3 Å². The minimum Gasteiger partial charge on any atom is -0.451 e. The molecular formula is C18H20N2O3. The number of carbonyl (C=O) groups is 2. The normalized spacial score (nSPS) is 11.5. The van der Waals surface area contributed by atoms with E-state index in [0.717, 1.165) is 18.4 Å². The third kappa shape index (κ3) is 5.21. The number of benzene rings is 1. The van der Waals surface area contributed by atoms with E-state index in [1.807, 2.05) is 30.3 Å². The fourth-order valence-corrected chi connectivity index (χ4v) is 2.22. The van der Waals surface area contributed by atoms with Crippen LogP contribution in [0.5, 0.6) is 0 Å². The first-order valence-corrected chi connectivity index (χ1v) is 7.63. The molecule has 1 aromatic carbocycles. The van der Waals surface area contributed by atoms with Gasteiger partial charge in [0.25, 0.3) is 5.91 Å². The van der Waals surface area contributed by atoms with Crippen LogP contribution in [0.1, 0.15) is 41.9 Å². The number of aromatic nitrogens is 1. The fraction of sp³-hybridized carbons (Fsp3) is 0.278. The second kappa shape index (κ2) is 8.68. The van der Waals surface area contributed by atoms with Gasteiger partial charge in [0, 0.05) is 6.20 Å². The molecule has 0 saturated carbocycles. The number of hydrogen-bond acceptors (Lipinski definition) is 4. The lowest BCUT2D eigenvalue weighted by Gasteiger charge is -2.18. The topological polar surface area (TPSA) is 68.3 Å². The summed E-state index contributed by atoms with van der Waals surface area (Å²) in [5, 5.41) is 2.90. The summed E-state index contributed by atoms with van der Waals surface area (Å²) in [4.78, 5) is 27.7. The van der Waals surface area contributed by atoms with Crippen molar-refractivity contribution < 1.29 is 14.3 Å². The average molecular weight is 312 g/mol. The van der Waals surface area contributed by atoms with E-state index in [0.29, 0.717) is 0 Å². The molecule has 1 aromatic heterocycles. The van der Waals surface area contributed by atoms with E-state index in [9.17, 15) is 9.59 Å². The van der Waals surface area contributed by atoms with Crippen LogP contribution >= 0.6 is 0 Å². The number of nitrogens with one attached hydrogen (secondary N) is 1. The van der Waals surface area contributed by atoms with Crippen molar-refractivity contribution in [3.63, 3.8) is 0 Å². The van der Waals surface area contributed by atoms with Gasteiger partial charge in [0.1, 0.15) is 5.69 Å². The van der Waals surface area contributed by atoms with E-state index >= 15 is 0 Å². The van der Waals surface area contributed by atoms with Crippen LogP contribution in [0.3, 0.4) is 0 Å². The maximum atomic E-state index is 12.0. The van der Waals surface area contributed by atoms with E-state index in [-0.39, 0.29) is 24.2 Å². The Morgan fingerprint density at radius 3 is 2.52 bits per heavy atom. The molecule has 0 aliphatic heterocycles. The lowest BCUT2D eigenvalue weighted by molar-refractivity contribution is -0.125. The molecule has 2 aromatic rings. The van der Waals surface area contributed by atoms with E-state index in [1.54, 1.807) is 18.2 Å². The largest absolute Gasteiger partial charge is 0.451 e. The summed E-state index contributed by atoms with van der Waals surface area (Å²) in [5.74, 6) is -0.927. The van der Waals surface area contributed by atoms with Crippen molar-refractivity contribution in [2.75, 3.05) is 6.61 Å². The number of amides is 1. The zero-order chi connectivity index (χ0) is 16.5. The molecular weight excluding hydrogens is 292 g/mol. The first-order chi connectivity index (χ1) is 11.2. The lowest BCUT2D eigenvalue weighted by atomic mass is 10.0. The number of ether oxygens (including phenoxy) is 1. The summed E-state index contributed by atoms with van der Waals surface area (Å²) in [6.07, 6.45) is 3.26. The van der Waals surface area contributed by atoms with Crippen molar-refractivity contribution in [3.8, 4) is 0 Å². The van der Waals surface area contributed by atoms with Crippen molar-refractivity contribution in [1.29, 1.82) is 0 Å². The molecule has 5 nitrogen and oxygen atoms in total. The highest BCUT2D eigenvalue weighted by Gasteiger charge is 2.16. The van der Waals surface area contributed by atoms with Gasteiger partial charge in [-0.15, -0.1) is 0 Å². The summed E-state index contributed by atoms with van der Waals surface area (Å²) in [6, 6.07) is 14.6. The Morgan fingerprint density at radius 2 is 1.87 bits per heavy atom. The summed E-state index contributed by atoms with van der Waals surface area (Å²) in [6.45, 7) is 1.74. The monoisotopic (exact) mass is 312 g/mol. The molecule has 23 heavy (non-hydrogen) atoms. The van der Waals surface area contributed by atoms with Crippen molar-refractivity contribution in [2.45, 2.75) is 25.8 Å². The molecule has 0 unspecified atom stereocenters. The van der Waals surface area contributed by atoms with Gasteiger partial charge in [0.2, 0.25) is 0 Å². The van der Waals surface area contributed by atoms with Crippen molar-refractivity contribution in [3.05, 3.63) is 66.0 Å². The van der Waals surface area contributed by atoms with E-state index < -0.39 is 5.97 Å². The van der Waals surface area contributed by atoms with Gasteiger partial charge in [-0.1, -0.05) is 49.7 Å². The smallest absolute Gasteiger partial charge is 0.357 e. The van der Waals surface area contributed by atoms with Crippen LogP contribution in [0.15, 0.2) is 54.7 Å². The summed E-state index contributed by atoms with van der Waals surface area (Å²) >= 11 is 0. The molecule has 0 spiro atoms. The molecule has 0 bridgehead atoms. The van der Waals surface area contributed by atoms with Gasteiger partial charge in [0.15, 0.2) is 6.61 Å². The maximum Gasteiger partial charge on any atom is 0.357 e. The summed E-state index contributed by atoms with van der Waals surface area (Å²) in [5.41, 5.74) is 1.23. The Labute approximate surface area is 135 Å². The van der Waals surface area contributed by atoms with Gasteiger partial charge in [-0.2, -0.15) is 0 Å². The first kappa shape index (κ1) is 16.7. The molecule has 1 amide bonds. The van der Waals surface area contributed by atoms with Gasteiger partial charge >= 0.3 is 5.97 Å². The number of rotatable bonds is 7. The molecule has 0 radical (unpaired) electrons. The van der Waals surface area contributed by atoms with Crippen LogP contribution < -0.4 is 5.32 Å². The molecule has 120 valence electrons. The highest BCUT2D eigenvalue weighted by Crippen LogP contribution is 2.17. The lowest BCUT2D eigenvalue weighted by Crippen LogP contribution is -2.32. The van der Waals surface area contributed by atoms with Crippen LogP contribution in [0.4, 0.5) is 0 Å². The van der Waals surface area contributed by atoms with Gasteiger partial charge in [-0.05, 0) is 24.1 Å². The Balaban J connectivity index is 1.88. The molecule has 0 saturated heterocycles. The van der Waals surface area contributed by atoms with E-state index in [4.69, 9.17) is 4.74 Å². The molecule has 5 heteroatoms. The van der Waals surface area contributed by atoms with Gasteiger partial charge in [-0.25, -0.2) is 9.78 Å². The molecule has 0 aliphatic carbocycles. The number of esters is 1. The van der Waals surface area contributed by atoms with Crippen LogP contribution in [-0.4, -0.2) is 23.5 Å². The van der Waals surface area contributed by atoms with Crippen molar-refractivity contribution >= 4 is 11.9 Å².